The molecule has 24 heavy (non-hydrogen) atoms. The summed E-state index contributed by atoms with van der Waals surface area (Å²) < 4.78 is 4.74. The van der Waals surface area contributed by atoms with E-state index in [2.05, 4.69) is 29.6 Å². The lowest BCUT2D eigenvalue weighted by atomic mass is 10.1. The van der Waals surface area contributed by atoms with E-state index < -0.39 is 5.97 Å². The first-order valence-electron chi connectivity index (χ1n) is 7.68. The van der Waals surface area contributed by atoms with E-state index in [0.29, 0.717) is 29.0 Å². The van der Waals surface area contributed by atoms with Crippen LogP contribution in [0.25, 0.3) is 0 Å². The summed E-state index contributed by atoms with van der Waals surface area (Å²) in [6.07, 6.45) is 0.403. The van der Waals surface area contributed by atoms with Crippen molar-refractivity contribution in [3.05, 3.63) is 59.2 Å². The maximum atomic E-state index is 12.1. The SMILES string of the molecule is COC(=O)c1cccc(NC(=O)CCSc2ccc(C)cc2)c1C. The third-order valence-electron chi connectivity index (χ3n) is 3.63. The Morgan fingerprint density at radius 3 is 2.46 bits per heavy atom. The van der Waals surface area contributed by atoms with E-state index in [1.165, 1.54) is 12.7 Å². The van der Waals surface area contributed by atoms with Crippen LogP contribution in [0.1, 0.15) is 27.9 Å². The fraction of sp³-hybridized carbons (Fsp3) is 0.263. The van der Waals surface area contributed by atoms with E-state index in [1.54, 1.807) is 36.9 Å². The Hall–Kier alpha value is -2.27. The summed E-state index contributed by atoms with van der Waals surface area (Å²) in [6, 6.07) is 13.4. The van der Waals surface area contributed by atoms with Gasteiger partial charge in [-0.2, -0.15) is 0 Å². The first-order valence-corrected chi connectivity index (χ1v) is 8.67. The van der Waals surface area contributed by atoms with Gasteiger partial charge in [0.25, 0.3) is 0 Å². The number of ether oxygens (including phenoxy) is 1. The molecule has 0 radical (unpaired) electrons. The van der Waals surface area contributed by atoms with Gasteiger partial charge in [-0.25, -0.2) is 4.79 Å². The molecule has 0 aliphatic carbocycles. The third-order valence-corrected chi connectivity index (χ3v) is 4.65. The molecule has 0 aliphatic heterocycles. The highest BCUT2D eigenvalue weighted by Gasteiger charge is 2.13. The largest absolute Gasteiger partial charge is 0.465 e. The Labute approximate surface area is 146 Å². The Morgan fingerprint density at radius 1 is 1.08 bits per heavy atom. The smallest absolute Gasteiger partial charge is 0.338 e. The van der Waals surface area contributed by atoms with Gasteiger partial charge < -0.3 is 10.1 Å². The number of hydrogen-bond donors (Lipinski definition) is 1. The second-order valence-electron chi connectivity index (χ2n) is 5.43. The number of aryl methyl sites for hydroxylation is 1. The molecule has 2 rings (SSSR count). The number of nitrogens with one attached hydrogen (secondary N) is 1. The Kier molecular flexibility index (Phi) is 6.44. The number of methoxy groups -OCH3 is 1. The van der Waals surface area contributed by atoms with Crippen molar-refractivity contribution in [3.63, 3.8) is 0 Å². The van der Waals surface area contributed by atoms with Crippen LogP contribution in [0, 0.1) is 13.8 Å². The van der Waals surface area contributed by atoms with Gasteiger partial charge in [-0.3, -0.25) is 4.79 Å². The molecule has 0 bridgehead atoms. The topological polar surface area (TPSA) is 55.4 Å². The molecule has 0 unspecified atom stereocenters. The van der Waals surface area contributed by atoms with E-state index in [-0.39, 0.29) is 5.91 Å². The molecule has 2 aromatic carbocycles. The molecule has 1 N–H and O–H groups in total. The molecule has 0 aromatic heterocycles. The van der Waals surface area contributed by atoms with Gasteiger partial charge in [0.2, 0.25) is 5.91 Å². The van der Waals surface area contributed by atoms with E-state index in [4.69, 9.17) is 4.74 Å². The van der Waals surface area contributed by atoms with Gasteiger partial charge in [0, 0.05) is 22.8 Å². The van der Waals surface area contributed by atoms with Gasteiger partial charge in [-0.05, 0) is 43.7 Å². The molecule has 126 valence electrons. The summed E-state index contributed by atoms with van der Waals surface area (Å²) in [4.78, 5) is 25.0. The summed E-state index contributed by atoms with van der Waals surface area (Å²) in [6.45, 7) is 3.84. The Bertz CT molecular complexity index is 726. The van der Waals surface area contributed by atoms with Gasteiger partial charge in [-0.15, -0.1) is 11.8 Å². The van der Waals surface area contributed by atoms with Crippen LogP contribution in [0.5, 0.6) is 0 Å². The zero-order chi connectivity index (χ0) is 17.5. The average Bonchev–Trinajstić information content (AvgIpc) is 2.58. The molecule has 1 amide bonds. The molecule has 4 nitrogen and oxygen atoms in total. The zero-order valence-electron chi connectivity index (χ0n) is 14.1. The van der Waals surface area contributed by atoms with Crippen molar-refractivity contribution < 1.29 is 14.3 Å². The molecular formula is C19H21NO3S. The lowest BCUT2D eigenvalue weighted by Crippen LogP contribution is -2.14. The maximum Gasteiger partial charge on any atom is 0.338 e. The van der Waals surface area contributed by atoms with Gasteiger partial charge in [0.05, 0.1) is 12.7 Å². The van der Waals surface area contributed by atoms with Crippen LogP contribution in [-0.2, 0) is 9.53 Å². The predicted molar refractivity (Wildman–Crippen MR) is 97.7 cm³/mol. The molecule has 5 heteroatoms. The van der Waals surface area contributed by atoms with Gasteiger partial charge in [0.15, 0.2) is 0 Å². The van der Waals surface area contributed by atoms with Crippen LogP contribution in [0.3, 0.4) is 0 Å². The van der Waals surface area contributed by atoms with Crippen molar-refractivity contribution in [2.45, 2.75) is 25.2 Å². The quantitative estimate of drug-likeness (QED) is 0.630. The maximum absolute atomic E-state index is 12.1. The average molecular weight is 343 g/mol. The number of amides is 1. The number of hydrogen-bond acceptors (Lipinski definition) is 4. The first kappa shape index (κ1) is 18.1. The number of carbonyl (C=O) groups excluding carboxylic acids is 2. The van der Waals surface area contributed by atoms with Crippen LogP contribution in [0.4, 0.5) is 5.69 Å². The predicted octanol–water partition coefficient (Wildman–Crippen LogP) is 4.21. The number of carbonyl (C=O) groups is 2. The lowest BCUT2D eigenvalue weighted by molar-refractivity contribution is -0.115. The molecule has 0 heterocycles. The van der Waals surface area contributed by atoms with Crippen molar-refractivity contribution in [2.24, 2.45) is 0 Å². The van der Waals surface area contributed by atoms with E-state index in [1.807, 2.05) is 6.92 Å². The summed E-state index contributed by atoms with van der Waals surface area (Å²) in [5.74, 6) is 0.225. The molecule has 0 aliphatic rings. The van der Waals surface area contributed by atoms with Crippen LogP contribution >= 0.6 is 11.8 Å². The van der Waals surface area contributed by atoms with Crippen molar-refractivity contribution in [2.75, 3.05) is 18.2 Å². The fourth-order valence-electron chi connectivity index (χ4n) is 2.21. The van der Waals surface area contributed by atoms with E-state index in [9.17, 15) is 9.59 Å². The highest BCUT2D eigenvalue weighted by molar-refractivity contribution is 7.99. The van der Waals surface area contributed by atoms with Gasteiger partial charge in [-0.1, -0.05) is 23.8 Å². The van der Waals surface area contributed by atoms with Crippen LogP contribution in [0.2, 0.25) is 0 Å². The van der Waals surface area contributed by atoms with Gasteiger partial charge in [0.1, 0.15) is 0 Å². The zero-order valence-corrected chi connectivity index (χ0v) is 14.9. The lowest BCUT2D eigenvalue weighted by Gasteiger charge is -2.11. The molecular weight excluding hydrogens is 322 g/mol. The second kappa shape index (κ2) is 8.55. The Morgan fingerprint density at radius 2 is 1.79 bits per heavy atom. The molecule has 0 saturated heterocycles. The summed E-state index contributed by atoms with van der Waals surface area (Å²) in [5, 5.41) is 2.86. The van der Waals surface area contributed by atoms with E-state index >= 15 is 0 Å². The molecule has 0 fully saturated rings. The third kappa shape index (κ3) is 4.86. The monoisotopic (exact) mass is 343 g/mol. The summed E-state index contributed by atoms with van der Waals surface area (Å²) in [7, 11) is 1.34. The van der Waals surface area contributed by atoms with Gasteiger partial charge >= 0.3 is 5.97 Å². The minimum absolute atomic E-state index is 0.0697. The van der Waals surface area contributed by atoms with Crippen LogP contribution in [-0.4, -0.2) is 24.7 Å². The number of anilines is 1. The highest BCUT2D eigenvalue weighted by Crippen LogP contribution is 2.22. The standard InChI is InChI=1S/C19H21NO3S/c1-13-7-9-15(10-8-13)24-12-11-18(21)20-17-6-4-5-16(14(17)2)19(22)23-3/h4-10H,11-12H2,1-3H3,(H,20,21). The molecule has 0 saturated carbocycles. The minimum atomic E-state index is -0.404. The Balaban J connectivity index is 1.90. The molecule has 0 spiro atoms. The molecule has 0 atom stereocenters. The second-order valence-corrected chi connectivity index (χ2v) is 6.60. The molecule has 2 aromatic rings. The summed E-state index contributed by atoms with van der Waals surface area (Å²) in [5.41, 5.74) is 3.04. The minimum Gasteiger partial charge on any atom is -0.465 e. The highest BCUT2D eigenvalue weighted by atomic mass is 32.2. The van der Waals surface area contributed by atoms with Crippen molar-refractivity contribution in [1.29, 1.82) is 0 Å². The number of thioether (sulfide) groups is 1. The normalized spacial score (nSPS) is 10.3. The number of benzene rings is 2. The number of rotatable bonds is 6. The van der Waals surface area contributed by atoms with Crippen molar-refractivity contribution >= 4 is 29.3 Å². The fourth-order valence-corrected chi connectivity index (χ4v) is 3.06. The van der Waals surface area contributed by atoms with E-state index in [0.717, 1.165) is 4.90 Å². The van der Waals surface area contributed by atoms with Crippen molar-refractivity contribution in [3.8, 4) is 0 Å². The number of esters is 1. The summed E-state index contributed by atoms with van der Waals surface area (Å²) >= 11 is 1.65. The van der Waals surface area contributed by atoms with Crippen LogP contribution in [0.15, 0.2) is 47.4 Å². The van der Waals surface area contributed by atoms with Crippen molar-refractivity contribution in [1.82, 2.24) is 0 Å². The van der Waals surface area contributed by atoms with Crippen LogP contribution < -0.4 is 5.32 Å². The first-order chi connectivity index (χ1) is 11.5.